The third-order valence-corrected chi connectivity index (χ3v) is 3.31. The number of primary amides is 1. The van der Waals surface area contributed by atoms with E-state index < -0.39 is 45.7 Å². The number of likely N-dealkylation sites (tertiary alicyclic amines) is 1. The van der Waals surface area contributed by atoms with E-state index in [9.17, 15) is 28.5 Å². The normalized spacial score (nSPS) is 17.8. The van der Waals surface area contributed by atoms with Crippen LogP contribution in [0.3, 0.4) is 0 Å². The molecule has 21 heavy (non-hydrogen) atoms. The molecule has 1 fully saturated rings. The highest BCUT2D eigenvalue weighted by atomic mass is 19.2. The van der Waals surface area contributed by atoms with E-state index in [2.05, 4.69) is 0 Å². The van der Waals surface area contributed by atoms with Gasteiger partial charge in [-0.15, -0.1) is 0 Å². The number of nitro benzene ring substituents is 1. The molecule has 1 unspecified atom stereocenters. The van der Waals surface area contributed by atoms with E-state index in [-0.39, 0.29) is 6.54 Å². The van der Waals surface area contributed by atoms with Crippen molar-refractivity contribution in [1.29, 1.82) is 0 Å². The number of carbonyl (C=O) groups excluding carboxylic acids is 2. The lowest BCUT2D eigenvalue weighted by molar-refractivity contribution is -0.385. The summed E-state index contributed by atoms with van der Waals surface area (Å²) in [4.78, 5) is 34.5. The summed E-state index contributed by atoms with van der Waals surface area (Å²) < 4.78 is 26.4. The van der Waals surface area contributed by atoms with Crippen molar-refractivity contribution in [2.24, 2.45) is 5.73 Å². The standard InChI is InChI=1S/C12H11F2N3O4/c13-7-4-6(10(17(20)21)5-8(7)14)12(19)16-3-1-2-9(16)11(15)18/h4-5,9H,1-3H2,(H2,15,18). The SMILES string of the molecule is NC(=O)C1CCCN1C(=O)c1cc(F)c(F)cc1[N+](=O)[O-]. The van der Waals surface area contributed by atoms with Crippen LogP contribution in [0.1, 0.15) is 23.2 Å². The molecule has 1 saturated heterocycles. The third-order valence-electron chi connectivity index (χ3n) is 3.31. The lowest BCUT2D eigenvalue weighted by Gasteiger charge is -2.22. The van der Waals surface area contributed by atoms with Gasteiger partial charge in [-0.1, -0.05) is 0 Å². The minimum Gasteiger partial charge on any atom is -0.368 e. The zero-order chi connectivity index (χ0) is 15.7. The number of hydrogen-bond donors (Lipinski definition) is 1. The molecule has 1 aromatic carbocycles. The first-order chi connectivity index (χ1) is 9.82. The zero-order valence-electron chi connectivity index (χ0n) is 10.7. The van der Waals surface area contributed by atoms with Crippen LogP contribution in [-0.2, 0) is 4.79 Å². The molecule has 0 bridgehead atoms. The summed E-state index contributed by atoms with van der Waals surface area (Å²) in [7, 11) is 0. The van der Waals surface area contributed by atoms with Crippen molar-refractivity contribution in [1.82, 2.24) is 4.90 Å². The fourth-order valence-corrected chi connectivity index (χ4v) is 2.32. The quantitative estimate of drug-likeness (QED) is 0.662. The molecule has 1 aliphatic heterocycles. The Kier molecular flexibility index (Phi) is 3.83. The van der Waals surface area contributed by atoms with E-state index in [0.717, 1.165) is 4.90 Å². The van der Waals surface area contributed by atoms with E-state index in [1.54, 1.807) is 0 Å². The van der Waals surface area contributed by atoms with Crippen LogP contribution >= 0.6 is 0 Å². The molecule has 112 valence electrons. The first-order valence-electron chi connectivity index (χ1n) is 6.06. The van der Waals surface area contributed by atoms with E-state index >= 15 is 0 Å². The molecule has 0 radical (unpaired) electrons. The second-order valence-electron chi connectivity index (χ2n) is 4.60. The van der Waals surface area contributed by atoms with Crippen LogP contribution in [0.5, 0.6) is 0 Å². The summed E-state index contributed by atoms with van der Waals surface area (Å²) in [5.74, 6) is -4.46. The van der Waals surface area contributed by atoms with Crippen LogP contribution in [-0.4, -0.2) is 34.2 Å². The zero-order valence-corrected chi connectivity index (χ0v) is 10.7. The summed E-state index contributed by atoms with van der Waals surface area (Å²) in [6.07, 6.45) is 0.829. The maximum absolute atomic E-state index is 13.3. The lowest BCUT2D eigenvalue weighted by Crippen LogP contribution is -2.43. The highest BCUT2D eigenvalue weighted by molar-refractivity contribution is 6.00. The third kappa shape index (κ3) is 2.67. The maximum Gasteiger partial charge on any atom is 0.285 e. The molecule has 1 heterocycles. The molecular formula is C12H11F2N3O4. The molecule has 1 aromatic rings. The molecule has 0 spiro atoms. The number of halogens is 2. The molecular weight excluding hydrogens is 288 g/mol. The number of benzene rings is 1. The Balaban J connectivity index is 2.45. The van der Waals surface area contributed by atoms with Gasteiger partial charge < -0.3 is 10.6 Å². The lowest BCUT2D eigenvalue weighted by atomic mass is 10.1. The van der Waals surface area contributed by atoms with Crippen LogP contribution < -0.4 is 5.73 Å². The van der Waals surface area contributed by atoms with Gasteiger partial charge in [0.25, 0.3) is 11.6 Å². The minimum atomic E-state index is -1.42. The second kappa shape index (κ2) is 5.43. The predicted molar refractivity (Wildman–Crippen MR) is 66.3 cm³/mol. The molecule has 2 N–H and O–H groups in total. The Labute approximate surface area is 117 Å². The van der Waals surface area contributed by atoms with Crippen molar-refractivity contribution >= 4 is 17.5 Å². The Morgan fingerprint density at radius 2 is 1.95 bits per heavy atom. The van der Waals surface area contributed by atoms with Gasteiger partial charge in [0, 0.05) is 6.54 Å². The van der Waals surface area contributed by atoms with Crippen molar-refractivity contribution in [3.05, 3.63) is 39.4 Å². The van der Waals surface area contributed by atoms with E-state index in [1.807, 2.05) is 0 Å². The Bertz CT molecular complexity index is 635. The number of nitrogens with two attached hydrogens (primary N) is 1. The van der Waals surface area contributed by atoms with Crippen molar-refractivity contribution in [3.63, 3.8) is 0 Å². The topological polar surface area (TPSA) is 107 Å². The maximum atomic E-state index is 13.3. The molecule has 0 aromatic heterocycles. The Morgan fingerprint density at radius 1 is 1.33 bits per heavy atom. The van der Waals surface area contributed by atoms with Crippen LogP contribution in [0.15, 0.2) is 12.1 Å². The Morgan fingerprint density at radius 3 is 2.52 bits per heavy atom. The molecule has 7 nitrogen and oxygen atoms in total. The predicted octanol–water partition coefficient (Wildman–Crippen LogP) is 0.963. The van der Waals surface area contributed by atoms with Gasteiger partial charge in [-0.2, -0.15) is 0 Å². The fourth-order valence-electron chi connectivity index (χ4n) is 2.32. The van der Waals surface area contributed by atoms with Gasteiger partial charge in [0.15, 0.2) is 11.6 Å². The average molecular weight is 299 g/mol. The van der Waals surface area contributed by atoms with E-state index in [4.69, 9.17) is 5.73 Å². The minimum absolute atomic E-state index is 0.169. The second-order valence-corrected chi connectivity index (χ2v) is 4.60. The van der Waals surface area contributed by atoms with Crippen LogP contribution in [0.25, 0.3) is 0 Å². The van der Waals surface area contributed by atoms with Crippen LogP contribution in [0.2, 0.25) is 0 Å². The largest absolute Gasteiger partial charge is 0.368 e. The number of hydrogen-bond acceptors (Lipinski definition) is 4. The van der Waals surface area contributed by atoms with Crippen molar-refractivity contribution < 1.29 is 23.3 Å². The van der Waals surface area contributed by atoms with Gasteiger partial charge in [-0.05, 0) is 18.9 Å². The number of carbonyl (C=O) groups is 2. The first kappa shape index (κ1) is 14.8. The summed E-state index contributed by atoms with van der Waals surface area (Å²) in [5, 5.41) is 10.9. The smallest absolute Gasteiger partial charge is 0.285 e. The summed E-state index contributed by atoms with van der Waals surface area (Å²) in [6, 6.07) is -0.0883. The highest BCUT2D eigenvalue weighted by Gasteiger charge is 2.36. The number of rotatable bonds is 3. The molecule has 2 rings (SSSR count). The number of amides is 2. The van der Waals surface area contributed by atoms with E-state index in [0.29, 0.717) is 25.0 Å². The van der Waals surface area contributed by atoms with Gasteiger partial charge in [-0.25, -0.2) is 8.78 Å². The Hall–Kier alpha value is -2.58. The van der Waals surface area contributed by atoms with Crippen LogP contribution in [0, 0.1) is 21.7 Å². The molecule has 0 saturated carbocycles. The van der Waals surface area contributed by atoms with Crippen LogP contribution in [0.4, 0.5) is 14.5 Å². The van der Waals surface area contributed by atoms with Crippen molar-refractivity contribution in [2.75, 3.05) is 6.54 Å². The van der Waals surface area contributed by atoms with Gasteiger partial charge in [-0.3, -0.25) is 19.7 Å². The van der Waals surface area contributed by atoms with Gasteiger partial charge in [0.05, 0.1) is 11.0 Å². The van der Waals surface area contributed by atoms with Crippen molar-refractivity contribution in [3.8, 4) is 0 Å². The van der Waals surface area contributed by atoms with E-state index in [1.165, 1.54) is 0 Å². The average Bonchev–Trinajstić information content (AvgIpc) is 2.89. The monoisotopic (exact) mass is 299 g/mol. The van der Waals surface area contributed by atoms with Gasteiger partial charge in [0.2, 0.25) is 5.91 Å². The van der Waals surface area contributed by atoms with Gasteiger partial charge in [0.1, 0.15) is 11.6 Å². The molecule has 1 aliphatic rings. The fraction of sp³-hybridized carbons (Fsp3) is 0.333. The molecule has 1 atom stereocenters. The molecule has 9 heteroatoms. The molecule has 2 amide bonds. The highest BCUT2D eigenvalue weighted by Crippen LogP contribution is 2.27. The molecule has 0 aliphatic carbocycles. The van der Waals surface area contributed by atoms with Gasteiger partial charge >= 0.3 is 0 Å². The summed E-state index contributed by atoms with van der Waals surface area (Å²) in [6.45, 7) is 0.169. The summed E-state index contributed by atoms with van der Waals surface area (Å²) >= 11 is 0. The number of nitro groups is 1. The van der Waals surface area contributed by atoms with Crippen molar-refractivity contribution in [2.45, 2.75) is 18.9 Å². The first-order valence-corrected chi connectivity index (χ1v) is 6.06. The summed E-state index contributed by atoms with van der Waals surface area (Å²) in [5.41, 5.74) is 3.70. The number of nitrogens with zero attached hydrogens (tertiary/aromatic N) is 2.